The second-order valence-electron chi connectivity index (χ2n) is 4.61. The molecule has 0 saturated carbocycles. The van der Waals surface area contributed by atoms with Gasteiger partial charge >= 0.3 is 0 Å². The van der Waals surface area contributed by atoms with Crippen LogP contribution in [0.4, 0.5) is 0 Å². The van der Waals surface area contributed by atoms with Crippen LogP contribution in [0.3, 0.4) is 0 Å². The fourth-order valence-corrected chi connectivity index (χ4v) is 3.79. The molecule has 0 radical (unpaired) electrons. The van der Waals surface area contributed by atoms with Gasteiger partial charge in [0.25, 0.3) is 0 Å². The number of hydrogen-bond acceptors (Lipinski definition) is 2. The Morgan fingerprint density at radius 1 is 1.10 bits per heavy atom. The molecule has 1 aromatic heterocycles. The molecule has 0 atom stereocenters. The van der Waals surface area contributed by atoms with E-state index in [4.69, 9.17) is 5.73 Å². The van der Waals surface area contributed by atoms with Crippen LogP contribution in [0, 0.1) is 0 Å². The summed E-state index contributed by atoms with van der Waals surface area (Å²) in [7, 11) is 0. The van der Waals surface area contributed by atoms with E-state index in [9.17, 15) is 0 Å². The van der Waals surface area contributed by atoms with Crippen molar-refractivity contribution in [2.45, 2.75) is 16.3 Å². The third-order valence-corrected chi connectivity index (χ3v) is 4.70. The molecule has 0 saturated heterocycles. The molecule has 2 nitrogen and oxygen atoms in total. The van der Waals surface area contributed by atoms with Crippen LogP contribution in [0.15, 0.2) is 62.9 Å². The van der Waals surface area contributed by atoms with Gasteiger partial charge in [-0.05, 0) is 42.8 Å². The molecule has 0 spiro atoms. The molecule has 3 aromatic rings. The number of hydrogen-bond donors (Lipinski definition) is 2. The van der Waals surface area contributed by atoms with Gasteiger partial charge in [0.05, 0.1) is 5.03 Å². The van der Waals surface area contributed by atoms with Crippen LogP contribution in [0.2, 0.25) is 0 Å². The maximum Gasteiger partial charge on any atom is 0.0780 e. The Morgan fingerprint density at radius 2 is 1.95 bits per heavy atom. The number of aromatic amines is 1. The van der Waals surface area contributed by atoms with Crippen molar-refractivity contribution in [3.05, 3.63) is 58.6 Å². The Hall–Kier alpha value is -1.23. The average Bonchev–Trinajstić information content (AvgIpc) is 2.84. The van der Waals surface area contributed by atoms with Gasteiger partial charge in [-0.15, -0.1) is 0 Å². The highest BCUT2D eigenvalue weighted by Crippen LogP contribution is 2.34. The van der Waals surface area contributed by atoms with E-state index in [1.54, 1.807) is 11.8 Å². The van der Waals surface area contributed by atoms with E-state index in [-0.39, 0.29) is 0 Å². The Labute approximate surface area is 130 Å². The van der Waals surface area contributed by atoms with E-state index < -0.39 is 0 Å². The van der Waals surface area contributed by atoms with Gasteiger partial charge in [0.15, 0.2) is 0 Å². The fraction of sp³-hybridized carbons (Fsp3) is 0.125. The van der Waals surface area contributed by atoms with E-state index in [1.165, 1.54) is 21.4 Å². The first-order chi connectivity index (χ1) is 9.76. The first-order valence-electron chi connectivity index (χ1n) is 6.50. The number of para-hydroxylation sites is 1. The summed E-state index contributed by atoms with van der Waals surface area (Å²) in [6.45, 7) is 0.669. The van der Waals surface area contributed by atoms with Crippen molar-refractivity contribution < 1.29 is 0 Å². The number of aromatic nitrogens is 1. The first kappa shape index (κ1) is 13.7. The van der Waals surface area contributed by atoms with Crippen molar-refractivity contribution in [1.29, 1.82) is 0 Å². The van der Waals surface area contributed by atoms with Crippen molar-refractivity contribution in [3.8, 4) is 0 Å². The summed E-state index contributed by atoms with van der Waals surface area (Å²) in [6.07, 6.45) is 0.899. The van der Waals surface area contributed by atoms with E-state index in [0.29, 0.717) is 6.54 Å². The number of benzene rings is 2. The predicted octanol–water partition coefficient (Wildman–Crippen LogP) is 4.58. The molecule has 2 aromatic carbocycles. The van der Waals surface area contributed by atoms with Crippen LogP contribution in [0.25, 0.3) is 10.9 Å². The lowest BCUT2D eigenvalue weighted by molar-refractivity contribution is 0.943. The lowest BCUT2D eigenvalue weighted by atomic mass is 10.1. The molecule has 0 aliphatic heterocycles. The second kappa shape index (κ2) is 6.04. The van der Waals surface area contributed by atoms with E-state index >= 15 is 0 Å². The number of H-pyrrole nitrogens is 1. The molecule has 0 amide bonds. The number of nitrogens with two attached hydrogens (primary N) is 1. The number of halogens is 1. The number of rotatable bonds is 4. The SMILES string of the molecule is NCCc1ccc(Br)cc1Sc1cc2ccccc2[nH]1. The van der Waals surface area contributed by atoms with Crippen LogP contribution < -0.4 is 5.73 Å². The standard InChI is InChI=1S/C16H15BrN2S/c17-13-6-5-11(7-8-18)15(10-13)20-16-9-12-3-1-2-4-14(12)19-16/h1-6,9-10,19H,7-8,18H2. The zero-order chi connectivity index (χ0) is 13.9. The molecule has 0 unspecified atom stereocenters. The largest absolute Gasteiger partial charge is 0.349 e. The summed E-state index contributed by atoms with van der Waals surface area (Å²) >= 11 is 5.29. The molecular formula is C16H15BrN2S. The van der Waals surface area contributed by atoms with Gasteiger partial charge in [0.1, 0.15) is 0 Å². The Kier molecular flexibility index (Phi) is 4.15. The third-order valence-electron chi connectivity index (χ3n) is 3.17. The number of fused-ring (bicyclic) bond motifs is 1. The Bertz CT molecular complexity index is 703. The van der Waals surface area contributed by atoms with Gasteiger partial charge in [0.2, 0.25) is 0 Å². The Morgan fingerprint density at radius 3 is 2.75 bits per heavy atom. The molecule has 3 N–H and O–H groups in total. The van der Waals surface area contributed by atoms with Crippen LogP contribution in [0.1, 0.15) is 5.56 Å². The van der Waals surface area contributed by atoms with Gasteiger partial charge < -0.3 is 10.7 Å². The smallest absolute Gasteiger partial charge is 0.0780 e. The number of nitrogens with one attached hydrogen (secondary N) is 1. The molecule has 102 valence electrons. The summed E-state index contributed by atoms with van der Waals surface area (Å²) in [5, 5.41) is 2.40. The molecule has 0 aliphatic carbocycles. The monoisotopic (exact) mass is 346 g/mol. The quantitative estimate of drug-likeness (QED) is 0.725. The van der Waals surface area contributed by atoms with Crippen LogP contribution in [-0.2, 0) is 6.42 Å². The Balaban J connectivity index is 1.95. The van der Waals surface area contributed by atoms with Gasteiger partial charge in [0, 0.05) is 20.3 Å². The minimum absolute atomic E-state index is 0.669. The highest BCUT2D eigenvalue weighted by atomic mass is 79.9. The van der Waals surface area contributed by atoms with Gasteiger partial charge in [-0.3, -0.25) is 0 Å². The van der Waals surface area contributed by atoms with E-state index in [2.05, 4.69) is 63.4 Å². The average molecular weight is 347 g/mol. The zero-order valence-corrected chi connectivity index (χ0v) is 13.3. The normalized spacial score (nSPS) is 11.1. The maximum absolute atomic E-state index is 5.69. The summed E-state index contributed by atoms with van der Waals surface area (Å²) in [5.74, 6) is 0. The lowest BCUT2D eigenvalue weighted by Crippen LogP contribution is -2.03. The highest BCUT2D eigenvalue weighted by Gasteiger charge is 2.07. The molecule has 0 aliphatic rings. The maximum atomic E-state index is 5.69. The van der Waals surface area contributed by atoms with E-state index in [1.807, 2.05) is 6.07 Å². The lowest BCUT2D eigenvalue weighted by Gasteiger charge is -2.08. The summed E-state index contributed by atoms with van der Waals surface area (Å²) < 4.78 is 1.09. The topological polar surface area (TPSA) is 41.8 Å². The van der Waals surface area contributed by atoms with Crippen molar-refractivity contribution in [2.75, 3.05) is 6.54 Å². The summed E-state index contributed by atoms with van der Waals surface area (Å²) in [6, 6.07) is 16.9. The molecule has 4 heteroatoms. The van der Waals surface area contributed by atoms with Crippen LogP contribution in [0.5, 0.6) is 0 Å². The summed E-state index contributed by atoms with van der Waals surface area (Å²) in [5.41, 5.74) is 8.16. The molecular weight excluding hydrogens is 332 g/mol. The molecule has 0 bridgehead atoms. The van der Waals surface area contributed by atoms with Crippen molar-refractivity contribution in [2.24, 2.45) is 5.73 Å². The predicted molar refractivity (Wildman–Crippen MR) is 89.3 cm³/mol. The van der Waals surface area contributed by atoms with Crippen molar-refractivity contribution >= 4 is 38.6 Å². The molecule has 0 fully saturated rings. The zero-order valence-electron chi connectivity index (χ0n) is 10.9. The van der Waals surface area contributed by atoms with Gasteiger partial charge in [-0.25, -0.2) is 0 Å². The van der Waals surface area contributed by atoms with Crippen LogP contribution in [-0.4, -0.2) is 11.5 Å². The van der Waals surface area contributed by atoms with Gasteiger partial charge in [-0.1, -0.05) is 52.0 Å². The van der Waals surface area contributed by atoms with E-state index in [0.717, 1.165) is 15.9 Å². The van der Waals surface area contributed by atoms with Crippen LogP contribution >= 0.6 is 27.7 Å². The van der Waals surface area contributed by atoms with Crippen molar-refractivity contribution in [1.82, 2.24) is 4.98 Å². The molecule has 3 rings (SSSR count). The molecule has 20 heavy (non-hydrogen) atoms. The minimum Gasteiger partial charge on any atom is -0.349 e. The first-order valence-corrected chi connectivity index (χ1v) is 8.11. The van der Waals surface area contributed by atoms with Crippen molar-refractivity contribution in [3.63, 3.8) is 0 Å². The fourth-order valence-electron chi connectivity index (χ4n) is 2.21. The third kappa shape index (κ3) is 2.92. The van der Waals surface area contributed by atoms with Gasteiger partial charge in [-0.2, -0.15) is 0 Å². The molecule has 1 heterocycles. The second-order valence-corrected chi connectivity index (χ2v) is 6.61. The highest BCUT2D eigenvalue weighted by molar-refractivity contribution is 9.10. The summed E-state index contributed by atoms with van der Waals surface area (Å²) in [4.78, 5) is 4.70. The minimum atomic E-state index is 0.669.